The number of furan rings is 1. The van der Waals surface area contributed by atoms with Crippen LogP contribution in [0, 0.1) is 13.8 Å². The van der Waals surface area contributed by atoms with Crippen molar-refractivity contribution in [2.75, 3.05) is 17.2 Å². The number of rotatable bonds is 6. The third-order valence-electron chi connectivity index (χ3n) is 3.89. The van der Waals surface area contributed by atoms with Gasteiger partial charge in [0.1, 0.15) is 5.75 Å². The van der Waals surface area contributed by atoms with Crippen LogP contribution in [0.3, 0.4) is 0 Å². The van der Waals surface area contributed by atoms with Crippen LogP contribution in [0.5, 0.6) is 5.75 Å². The molecule has 1 heterocycles. The third kappa shape index (κ3) is 4.76. The van der Waals surface area contributed by atoms with Gasteiger partial charge in [-0.25, -0.2) is 0 Å². The normalized spacial score (nSPS) is 10.3. The number of hydrogen-bond donors (Lipinski definition) is 2. The summed E-state index contributed by atoms with van der Waals surface area (Å²) in [6, 6.07) is 16.0. The van der Waals surface area contributed by atoms with Gasteiger partial charge < -0.3 is 19.8 Å². The van der Waals surface area contributed by atoms with Gasteiger partial charge in [-0.1, -0.05) is 24.3 Å². The van der Waals surface area contributed by atoms with E-state index in [0.29, 0.717) is 17.1 Å². The standard InChI is InChI=1S/C21H20N2O4/c1-14-9-10-16(23-21(25)19-8-5-11-26-19)17(12-14)22-20(24)13-27-18-7-4-3-6-15(18)2/h3-12H,13H2,1-2H3,(H,22,24)(H,23,25). The van der Waals surface area contributed by atoms with E-state index in [1.807, 2.05) is 44.2 Å². The van der Waals surface area contributed by atoms with Gasteiger partial charge in [0.2, 0.25) is 0 Å². The van der Waals surface area contributed by atoms with E-state index in [0.717, 1.165) is 11.1 Å². The van der Waals surface area contributed by atoms with Crippen molar-refractivity contribution in [3.63, 3.8) is 0 Å². The largest absolute Gasteiger partial charge is 0.483 e. The van der Waals surface area contributed by atoms with Gasteiger partial charge >= 0.3 is 0 Å². The molecule has 0 saturated carbocycles. The zero-order chi connectivity index (χ0) is 19.2. The summed E-state index contributed by atoms with van der Waals surface area (Å²) in [7, 11) is 0. The maximum atomic E-state index is 12.3. The summed E-state index contributed by atoms with van der Waals surface area (Å²) in [5.41, 5.74) is 2.87. The van der Waals surface area contributed by atoms with E-state index in [1.165, 1.54) is 6.26 Å². The van der Waals surface area contributed by atoms with Crippen molar-refractivity contribution in [3.05, 3.63) is 77.7 Å². The van der Waals surface area contributed by atoms with E-state index < -0.39 is 5.91 Å². The maximum absolute atomic E-state index is 12.3. The molecule has 2 amide bonds. The van der Waals surface area contributed by atoms with Gasteiger partial charge in [0.05, 0.1) is 17.6 Å². The number of aryl methyl sites for hydroxylation is 2. The highest BCUT2D eigenvalue weighted by Gasteiger charge is 2.14. The highest BCUT2D eigenvalue weighted by atomic mass is 16.5. The molecule has 2 aromatic carbocycles. The number of carbonyl (C=O) groups excluding carboxylic acids is 2. The lowest BCUT2D eigenvalue weighted by Crippen LogP contribution is -2.22. The molecule has 0 atom stereocenters. The Hall–Kier alpha value is -3.54. The van der Waals surface area contributed by atoms with Crippen molar-refractivity contribution >= 4 is 23.2 Å². The molecule has 6 heteroatoms. The van der Waals surface area contributed by atoms with Crippen molar-refractivity contribution in [1.82, 2.24) is 0 Å². The second-order valence-electron chi connectivity index (χ2n) is 6.08. The number of benzene rings is 2. The molecule has 27 heavy (non-hydrogen) atoms. The van der Waals surface area contributed by atoms with Gasteiger partial charge in [-0.2, -0.15) is 0 Å². The number of nitrogens with one attached hydrogen (secondary N) is 2. The van der Waals surface area contributed by atoms with Crippen molar-refractivity contribution in [3.8, 4) is 5.75 Å². The molecule has 0 spiro atoms. The fourth-order valence-corrected chi connectivity index (χ4v) is 2.51. The lowest BCUT2D eigenvalue weighted by molar-refractivity contribution is -0.118. The lowest BCUT2D eigenvalue weighted by atomic mass is 10.2. The van der Waals surface area contributed by atoms with Crippen molar-refractivity contribution in [2.45, 2.75) is 13.8 Å². The van der Waals surface area contributed by atoms with Crippen LogP contribution in [-0.4, -0.2) is 18.4 Å². The van der Waals surface area contributed by atoms with Gasteiger partial charge in [0, 0.05) is 0 Å². The Bertz CT molecular complexity index is 949. The molecular weight excluding hydrogens is 344 g/mol. The van der Waals surface area contributed by atoms with E-state index in [4.69, 9.17) is 9.15 Å². The number of ether oxygens (including phenoxy) is 1. The third-order valence-corrected chi connectivity index (χ3v) is 3.89. The Labute approximate surface area is 157 Å². The molecule has 138 valence electrons. The Morgan fingerprint density at radius 2 is 1.78 bits per heavy atom. The summed E-state index contributed by atoms with van der Waals surface area (Å²) >= 11 is 0. The summed E-state index contributed by atoms with van der Waals surface area (Å²) < 4.78 is 10.7. The monoisotopic (exact) mass is 364 g/mol. The zero-order valence-electron chi connectivity index (χ0n) is 15.1. The highest BCUT2D eigenvalue weighted by Crippen LogP contribution is 2.24. The van der Waals surface area contributed by atoms with Crippen LogP contribution in [0.15, 0.2) is 65.3 Å². The average Bonchev–Trinajstić information content (AvgIpc) is 3.18. The second-order valence-corrected chi connectivity index (χ2v) is 6.08. The number of hydrogen-bond acceptors (Lipinski definition) is 4. The fourth-order valence-electron chi connectivity index (χ4n) is 2.51. The van der Waals surface area contributed by atoms with Crippen LogP contribution in [0.4, 0.5) is 11.4 Å². The lowest BCUT2D eigenvalue weighted by Gasteiger charge is -2.14. The number of amides is 2. The van der Waals surface area contributed by atoms with Gasteiger partial charge in [-0.3, -0.25) is 9.59 Å². The predicted molar refractivity (Wildman–Crippen MR) is 103 cm³/mol. The second kappa shape index (κ2) is 8.23. The van der Waals surface area contributed by atoms with Gasteiger partial charge in [0.25, 0.3) is 11.8 Å². The van der Waals surface area contributed by atoms with E-state index in [-0.39, 0.29) is 18.3 Å². The smallest absolute Gasteiger partial charge is 0.291 e. The summed E-state index contributed by atoms with van der Waals surface area (Å²) in [5.74, 6) is 0.131. The Morgan fingerprint density at radius 3 is 2.52 bits per heavy atom. The molecule has 0 aliphatic heterocycles. The Balaban J connectivity index is 1.68. The molecule has 0 radical (unpaired) electrons. The topological polar surface area (TPSA) is 80.6 Å². The zero-order valence-corrected chi connectivity index (χ0v) is 15.1. The first-order valence-electron chi connectivity index (χ1n) is 8.47. The van der Waals surface area contributed by atoms with Crippen LogP contribution >= 0.6 is 0 Å². The molecule has 3 aromatic rings. The average molecular weight is 364 g/mol. The van der Waals surface area contributed by atoms with Crippen LogP contribution in [-0.2, 0) is 4.79 Å². The Kier molecular flexibility index (Phi) is 5.56. The summed E-state index contributed by atoms with van der Waals surface area (Å²) in [4.78, 5) is 24.5. The van der Waals surface area contributed by atoms with Crippen LogP contribution < -0.4 is 15.4 Å². The molecule has 0 bridgehead atoms. The molecular formula is C21H20N2O4. The van der Waals surface area contributed by atoms with Crippen LogP contribution in [0.2, 0.25) is 0 Å². The first-order chi connectivity index (χ1) is 13.0. The molecule has 6 nitrogen and oxygen atoms in total. The maximum Gasteiger partial charge on any atom is 0.291 e. The summed E-state index contributed by atoms with van der Waals surface area (Å²) in [6.07, 6.45) is 1.43. The first-order valence-corrected chi connectivity index (χ1v) is 8.47. The minimum atomic E-state index is -0.393. The van der Waals surface area contributed by atoms with Crippen molar-refractivity contribution in [1.29, 1.82) is 0 Å². The Morgan fingerprint density at radius 1 is 0.963 bits per heavy atom. The van der Waals surface area contributed by atoms with E-state index in [2.05, 4.69) is 10.6 Å². The minimum Gasteiger partial charge on any atom is -0.483 e. The van der Waals surface area contributed by atoms with E-state index >= 15 is 0 Å². The molecule has 0 saturated heterocycles. The molecule has 1 aromatic heterocycles. The van der Waals surface area contributed by atoms with Crippen molar-refractivity contribution in [2.24, 2.45) is 0 Å². The molecule has 0 fully saturated rings. The minimum absolute atomic E-state index is 0.135. The number of anilines is 2. The van der Waals surface area contributed by atoms with Crippen molar-refractivity contribution < 1.29 is 18.7 Å². The number of para-hydroxylation sites is 1. The summed E-state index contributed by atoms with van der Waals surface area (Å²) in [6.45, 7) is 3.68. The SMILES string of the molecule is Cc1ccc(NC(=O)c2ccco2)c(NC(=O)COc2ccccc2C)c1. The number of carbonyl (C=O) groups is 2. The molecule has 3 rings (SSSR count). The summed E-state index contributed by atoms with van der Waals surface area (Å²) in [5, 5.41) is 5.52. The van der Waals surface area contributed by atoms with Crippen LogP contribution in [0.1, 0.15) is 21.7 Å². The quantitative estimate of drug-likeness (QED) is 0.688. The van der Waals surface area contributed by atoms with Gasteiger partial charge in [0.15, 0.2) is 12.4 Å². The fraction of sp³-hybridized carbons (Fsp3) is 0.143. The van der Waals surface area contributed by atoms with E-state index in [1.54, 1.807) is 24.3 Å². The highest BCUT2D eigenvalue weighted by molar-refractivity contribution is 6.06. The van der Waals surface area contributed by atoms with Gasteiger partial charge in [-0.05, 0) is 55.3 Å². The molecule has 0 unspecified atom stereocenters. The van der Waals surface area contributed by atoms with Gasteiger partial charge in [-0.15, -0.1) is 0 Å². The first kappa shape index (κ1) is 18.3. The van der Waals surface area contributed by atoms with Crippen LogP contribution in [0.25, 0.3) is 0 Å². The van der Waals surface area contributed by atoms with E-state index in [9.17, 15) is 9.59 Å². The molecule has 0 aliphatic rings. The molecule has 2 N–H and O–H groups in total. The predicted octanol–water partition coefficient (Wildman–Crippen LogP) is 4.17. The molecule has 0 aliphatic carbocycles.